The van der Waals surface area contributed by atoms with Gasteiger partial charge in [0.25, 0.3) is 5.91 Å². The zero-order chi connectivity index (χ0) is 26.6. The summed E-state index contributed by atoms with van der Waals surface area (Å²) >= 11 is 13.4. The first kappa shape index (κ1) is 26.2. The van der Waals surface area contributed by atoms with E-state index in [0.29, 0.717) is 38.8 Å². The van der Waals surface area contributed by atoms with E-state index in [9.17, 15) is 4.79 Å². The molecule has 0 spiro atoms. The molecule has 1 amide bonds. The maximum Gasteiger partial charge on any atom is 0.266 e. The first-order chi connectivity index (χ1) is 18.4. The molecule has 192 valence electrons. The zero-order valence-corrected chi connectivity index (χ0v) is 23.4. The molecule has 3 aromatic carbocycles. The first-order valence-corrected chi connectivity index (χ1v) is 13.9. The number of carbonyl (C=O) groups is 1. The van der Waals surface area contributed by atoms with Crippen LogP contribution in [-0.2, 0) is 11.3 Å². The molecule has 0 saturated carbocycles. The number of amides is 1. The summed E-state index contributed by atoms with van der Waals surface area (Å²) < 4.78 is 8.09. The highest BCUT2D eigenvalue weighted by Gasteiger charge is 2.32. The van der Waals surface area contributed by atoms with Crippen molar-refractivity contribution in [2.75, 3.05) is 6.61 Å². The van der Waals surface area contributed by atoms with Crippen LogP contribution in [-0.4, -0.2) is 31.5 Å². The molecule has 0 N–H and O–H groups in total. The molecule has 2 heterocycles. The second-order valence-electron chi connectivity index (χ2n) is 8.96. The number of thioether (sulfide) groups is 1. The molecule has 38 heavy (non-hydrogen) atoms. The Kier molecular flexibility index (Phi) is 7.98. The lowest BCUT2D eigenvalue weighted by Gasteiger charge is -2.14. The molecule has 0 aliphatic carbocycles. The molecule has 0 atom stereocenters. The summed E-state index contributed by atoms with van der Waals surface area (Å²) in [6.45, 7) is 5.12. The minimum atomic E-state index is -0.111. The second-order valence-corrected chi connectivity index (χ2v) is 11.0. The Bertz CT molecular complexity index is 1510. The van der Waals surface area contributed by atoms with Crippen molar-refractivity contribution in [1.29, 1.82) is 0 Å². The fraction of sp³-hybridized carbons (Fsp3) is 0.167. The number of hydrogen-bond donors (Lipinski definition) is 0. The Labute approximate surface area is 237 Å². The van der Waals surface area contributed by atoms with E-state index in [0.717, 1.165) is 28.8 Å². The van der Waals surface area contributed by atoms with Crippen LogP contribution < -0.4 is 4.74 Å². The topological polar surface area (TPSA) is 47.4 Å². The zero-order valence-electron chi connectivity index (χ0n) is 21.1. The smallest absolute Gasteiger partial charge is 0.266 e. The molecule has 1 saturated heterocycles. The Morgan fingerprint density at radius 3 is 2.55 bits per heavy atom. The molecule has 5 rings (SSSR count). The van der Waals surface area contributed by atoms with Gasteiger partial charge in [-0.3, -0.25) is 9.69 Å². The number of nitrogens with zero attached hydrogens (tertiary/aromatic N) is 3. The summed E-state index contributed by atoms with van der Waals surface area (Å²) in [5.74, 6) is 0.526. The number of para-hydroxylation sites is 1. The van der Waals surface area contributed by atoms with Crippen molar-refractivity contribution in [1.82, 2.24) is 14.7 Å². The van der Waals surface area contributed by atoms with E-state index in [2.05, 4.69) is 0 Å². The lowest BCUT2D eigenvalue weighted by atomic mass is 10.1. The summed E-state index contributed by atoms with van der Waals surface area (Å²) in [6.07, 6.45) is 4.68. The van der Waals surface area contributed by atoms with Crippen LogP contribution in [0.3, 0.4) is 0 Å². The van der Waals surface area contributed by atoms with Crippen LogP contribution in [0.4, 0.5) is 0 Å². The van der Waals surface area contributed by atoms with Gasteiger partial charge in [-0.1, -0.05) is 90.5 Å². The van der Waals surface area contributed by atoms with Crippen molar-refractivity contribution in [3.05, 3.63) is 106 Å². The average molecular weight is 560 g/mol. The van der Waals surface area contributed by atoms with Crippen molar-refractivity contribution in [3.8, 4) is 22.7 Å². The van der Waals surface area contributed by atoms with E-state index in [4.69, 9.17) is 33.7 Å². The number of rotatable bonds is 8. The lowest BCUT2D eigenvalue weighted by Crippen LogP contribution is -2.27. The second kappa shape index (κ2) is 11.6. The molecule has 1 aliphatic rings. The van der Waals surface area contributed by atoms with Gasteiger partial charge in [-0.15, -0.1) is 0 Å². The Morgan fingerprint density at radius 2 is 1.84 bits per heavy atom. The summed E-state index contributed by atoms with van der Waals surface area (Å²) in [6, 6.07) is 23.6. The first-order valence-electron chi connectivity index (χ1n) is 12.3. The van der Waals surface area contributed by atoms with E-state index < -0.39 is 0 Å². The van der Waals surface area contributed by atoms with Crippen LogP contribution in [0.15, 0.2) is 83.9 Å². The molecule has 1 fully saturated rings. The van der Waals surface area contributed by atoms with E-state index in [1.165, 1.54) is 17.3 Å². The van der Waals surface area contributed by atoms with Gasteiger partial charge < -0.3 is 4.74 Å². The molecule has 0 unspecified atom stereocenters. The number of benzene rings is 3. The minimum absolute atomic E-state index is 0.111. The highest BCUT2D eigenvalue weighted by atomic mass is 35.5. The van der Waals surface area contributed by atoms with Crippen LogP contribution in [0.2, 0.25) is 5.02 Å². The number of aromatic nitrogens is 2. The van der Waals surface area contributed by atoms with Crippen molar-refractivity contribution >= 4 is 51.9 Å². The van der Waals surface area contributed by atoms with E-state index in [1.54, 1.807) is 4.90 Å². The predicted octanol–water partition coefficient (Wildman–Crippen LogP) is 7.69. The molecule has 0 bridgehead atoms. The van der Waals surface area contributed by atoms with Gasteiger partial charge in [-0.2, -0.15) is 5.10 Å². The van der Waals surface area contributed by atoms with Gasteiger partial charge in [0.05, 0.1) is 28.8 Å². The summed E-state index contributed by atoms with van der Waals surface area (Å²) in [5.41, 5.74) is 5.45. The van der Waals surface area contributed by atoms with Gasteiger partial charge in [0.15, 0.2) is 0 Å². The molecular formula is C30H26ClN3O2S2. The van der Waals surface area contributed by atoms with Gasteiger partial charge in [-0.05, 0) is 55.3 Å². The van der Waals surface area contributed by atoms with Crippen LogP contribution in [0.25, 0.3) is 23.0 Å². The van der Waals surface area contributed by atoms with Crippen LogP contribution in [0, 0.1) is 6.92 Å². The molecule has 1 aliphatic heterocycles. The Morgan fingerprint density at radius 1 is 1.08 bits per heavy atom. The minimum Gasteiger partial charge on any atom is -0.492 e. The average Bonchev–Trinajstić information content (AvgIpc) is 3.46. The number of halogens is 1. The third kappa shape index (κ3) is 5.70. The van der Waals surface area contributed by atoms with Gasteiger partial charge in [0, 0.05) is 17.3 Å². The number of hydrogen-bond acceptors (Lipinski definition) is 5. The monoisotopic (exact) mass is 559 g/mol. The Hall–Kier alpha value is -3.39. The molecule has 5 nitrogen and oxygen atoms in total. The quantitative estimate of drug-likeness (QED) is 0.163. The largest absolute Gasteiger partial charge is 0.492 e. The normalized spacial score (nSPS) is 14.5. The van der Waals surface area contributed by atoms with Gasteiger partial charge >= 0.3 is 0 Å². The number of thiocarbonyl (C=S) groups is 1. The van der Waals surface area contributed by atoms with Gasteiger partial charge in [-0.25, -0.2) is 4.68 Å². The van der Waals surface area contributed by atoms with Gasteiger partial charge in [0.2, 0.25) is 0 Å². The molecular weight excluding hydrogens is 534 g/mol. The highest BCUT2D eigenvalue weighted by molar-refractivity contribution is 8.26. The van der Waals surface area contributed by atoms with Crippen molar-refractivity contribution in [3.63, 3.8) is 0 Å². The SMILES string of the molecule is CCCOc1ccc(-c2nn(-c3ccccc3)cc2C=C2SC(=S)N(Cc3ccc(C)cc3)C2=O)cc1Cl. The summed E-state index contributed by atoms with van der Waals surface area (Å²) in [5, 5.41) is 5.38. The van der Waals surface area contributed by atoms with Crippen LogP contribution >= 0.6 is 35.6 Å². The van der Waals surface area contributed by atoms with E-state index >= 15 is 0 Å². The maximum atomic E-state index is 13.4. The van der Waals surface area contributed by atoms with Crippen molar-refractivity contribution in [2.45, 2.75) is 26.8 Å². The van der Waals surface area contributed by atoms with Crippen molar-refractivity contribution in [2.24, 2.45) is 0 Å². The van der Waals surface area contributed by atoms with Crippen molar-refractivity contribution < 1.29 is 9.53 Å². The summed E-state index contributed by atoms with van der Waals surface area (Å²) in [7, 11) is 0. The van der Waals surface area contributed by atoms with Crippen LogP contribution in [0.1, 0.15) is 30.0 Å². The van der Waals surface area contributed by atoms with Gasteiger partial charge in [0.1, 0.15) is 15.8 Å². The number of aryl methyl sites for hydroxylation is 1. The number of ether oxygens (including phenoxy) is 1. The molecule has 8 heteroatoms. The van der Waals surface area contributed by atoms with E-state index in [1.807, 2.05) is 104 Å². The Balaban J connectivity index is 1.50. The summed E-state index contributed by atoms with van der Waals surface area (Å²) in [4.78, 5) is 15.6. The fourth-order valence-electron chi connectivity index (χ4n) is 4.06. The number of carbonyl (C=O) groups excluding carboxylic acids is 1. The molecule has 1 aromatic heterocycles. The van der Waals surface area contributed by atoms with E-state index in [-0.39, 0.29) is 5.91 Å². The molecule has 4 aromatic rings. The highest BCUT2D eigenvalue weighted by Crippen LogP contribution is 2.37. The fourth-order valence-corrected chi connectivity index (χ4v) is 5.54. The standard InChI is InChI=1S/C30H26ClN3O2S2/c1-3-15-36-26-14-13-22(16-25(26)31)28-23(19-34(32-28)24-7-5-4-6-8-24)17-27-29(35)33(30(37)38-27)18-21-11-9-20(2)10-12-21/h4-14,16-17,19H,3,15,18H2,1-2H3. The lowest BCUT2D eigenvalue weighted by molar-refractivity contribution is -0.122. The van der Waals surface area contributed by atoms with Crippen LogP contribution in [0.5, 0.6) is 5.75 Å². The molecule has 0 radical (unpaired) electrons. The third-order valence-corrected chi connectivity index (χ3v) is 7.72. The third-order valence-electron chi connectivity index (χ3n) is 6.05. The maximum absolute atomic E-state index is 13.4. The predicted molar refractivity (Wildman–Crippen MR) is 160 cm³/mol.